The minimum atomic E-state index is -1.45. The largest absolute Gasteiger partial charge is 0.508 e. The molecule has 0 saturated carbocycles. The summed E-state index contributed by atoms with van der Waals surface area (Å²) in [5.41, 5.74) is 13.4. The molecular formula is C26H30N6O7. The van der Waals surface area contributed by atoms with E-state index in [0.717, 1.165) is 10.9 Å². The molecule has 3 rings (SSSR count). The third-order valence-corrected chi connectivity index (χ3v) is 5.91. The van der Waals surface area contributed by atoms with Crippen LogP contribution in [0.1, 0.15) is 17.5 Å². The molecule has 13 heteroatoms. The number of nitrogens with two attached hydrogens (primary N) is 2. The Hall–Kier alpha value is -4.91. The molecule has 4 amide bonds. The highest BCUT2D eigenvalue weighted by atomic mass is 16.4. The molecule has 3 atom stereocenters. The average Bonchev–Trinajstić information content (AvgIpc) is 3.30. The van der Waals surface area contributed by atoms with E-state index in [1.807, 2.05) is 18.2 Å². The van der Waals surface area contributed by atoms with E-state index in [4.69, 9.17) is 16.6 Å². The van der Waals surface area contributed by atoms with Crippen LogP contribution in [-0.4, -0.2) is 69.5 Å². The molecular weight excluding hydrogens is 508 g/mol. The fourth-order valence-corrected chi connectivity index (χ4v) is 3.96. The third-order valence-electron chi connectivity index (χ3n) is 5.91. The summed E-state index contributed by atoms with van der Waals surface area (Å²) in [5, 5.41) is 26.3. The molecule has 1 heterocycles. The Labute approximate surface area is 222 Å². The summed E-state index contributed by atoms with van der Waals surface area (Å²) in [6.07, 6.45) is 1.16. The molecule has 39 heavy (non-hydrogen) atoms. The van der Waals surface area contributed by atoms with Crippen molar-refractivity contribution < 1.29 is 34.2 Å². The van der Waals surface area contributed by atoms with Crippen LogP contribution >= 0.6 is 0 Å². The van der Waals surface area contributed by atoms with E-state index in [9.17, 15) is 29.1 Å². The quantitative estimate of drug-likeness (QED) is 0.135. The molecule has 0 aliphatic carbocycles. The van der Waals surface area contributed by atoms with Gasteiger partial charge in [-0.3, -0.25) is 24.0 Å². The van der Waals surface area contributed by atoms with E-state index in [1.165, 1.54) is 12.1 Å². The van der Waals surface area contributed by atoms with E-state index in [1.54, 1.807) is 24.4 Å². The Balaban J connectivity index is 1.75. The highest BCUT2D eigenvalue weighted by Crippen LogP contribution is 2.19. The average molecular weight is 539 g/mol. The van der Waals surface area contributed by atoms with Gasteiger partial charge in [-0.25, -0.2) is 0 Å². The number of carboxylic acid groups (broad SMARTS) is 1. The van der Waals surface area contributed by atoms with Crippen molar-refractivity contribution in [2.75, 3.05) is 6.54 Å². The standard InChI is InChI=1S/C26H30N6O7/c27-18(9-14-5-7-16(33)8-6-14)24(37)31-21(11-22(28)34)26(39)32-20(25(38)30-13-23(35)36)10-15-12-29-19-4-2-1-3-17(15)19/h1-8,12,18,20-21,29,33H,9-11,13,27H2,(H2,28,34)(H,30,38)(H,31,37)(H,32,39)(H,35,36). The number of hydrogen-bond donors (Lipinski definition) is 8. The molecule has 0 aliphatic heterocycles. The first-order valence-electron chi connectivity index (χ1n) is 12.0. The number of benzene rings is 2. The molecule has 0 saturated heterocycles. The molecule has 3 aromatic rings. The maximum atomic E-state index is 13.2. The van der Waals surface area contributed by atoms with Crippen LogP contribution in [0.15, 0.2) is 54.7 Å². The summed E-state index contributed by atoms with van der Waals surface area (Å²) in [4.78, 5) is 64.5. The van der Waals surface area contributed by atoms with E-state index >= 15 is 0 Å². The van der Waals surface area contributed by atoms with Gasteiger partial charge in [-0.1, -0.05) is 30.3 Å². The van der Waals surface area contributed by atoms with Crippen molar-refractivity contribution in [3.05, 3.63) is 65.9 Å². The molecule has 2 aromatic carbocycles. The van der Waals surface area contributed by atoms with Crippen molar-refractivity contribution in [1.82, 2.24) is 20.9 Å². The summed E-state index contributed by atoms with van der Waals surface area (Å²) in [6, 6.07) is 9.53. The first-order chi connectivity index (χ1) is 18.5. The molecule has 206 valence electrons. The van der Waals surface area contributed by atoms with Crippen LogP contribution in [0.5, 0.6) is 5.75 Å². The number of H-pyrrole nitrogens is 1. The number of phenols is 1. The number of aromatic hydroxyl groups is 1. The second-order valence-corrected chi connectivity index (χ2v) is 8.95. The van der Waals surface area contributed by atoms with Gasteiger partial charge in [-0.15, -0.1) is 0 Å². The third kappa shape index (κ3) is 8.30. The number of hydrogen-bond acceptors (Lipinski definition) is 7. The van der Waals surface area contributed by atoms with Crippen LogP contribution in [-0.2, 0) is 36.8 Å². The highest BCUT2D eigenvalue weighted by Gasteiger charge is 2.30. The predicted molar refractivity (Wildman–Crippen MR) is 140 cm³/mol. The number of fused-ring (bicyclic) bond motifs is 1. The van der Waals surface area contributed by atoms with Crippen molar-refractivity contribution >= 4 is 40.5 Å². The van der Waals surface area contributed by atoms with Gasteiger partial charge < -0.3 is 42.6 Å². The second-order valence-electron chi connectivity index (χ2n) is 8.95. The van der Waals surface area contributed by atoms with Crippen LogP contribution in [0.4, 0.5) is 0 Å². The van der Waals surface area contributed by atoms with E-state index in [-0.39, 0.29) is 18.6 Å². The van der Waals surface area contributed by atoms with Crippen molar-refractivity contribution in [2.24, 2.45) is 11.5 Å². The fraction of sp³-hybridized carbons (Fsp3) is 0.269. The SMILES string of the molecule is NC(=O)CC(NC(=O)C(N)Cc1ccc(O)cc1)C(=O)NC(Cc1c[nH]c2ccccc12)C(=O)NCC(=O)O. The normalized spacial score (nSPS) is 13.2. The summed E-state index contributed by atoms with van der Waals surface area (Å²) in [7, 11) is 0. The maximum Gasteiger partial charge on any atom is 0.322 e. The molecule has 3 unspecified atom stereocenters. The minimum absolute atomic E-state index is 0.0151. The van der Waals surface area contributed by atoms with Gasteiger partial charge >= 0.3 is 5.97 Å². The van der Waals surface area contributed by atoms with Crippen molar-refractivity contribution in [1.29, 1.82) is 0 Å². The minimum Gasteiger partial charge on any atom is -0.508 e. The van der Waals surface area contributed by atoms with Gasteiger partial charge in [0.05, 0.1) is 12.5 Å². The number of para-hydroxylation sites is 1. The number of carbonyl (C=O) groups excluding carboxylic acids is 4. The monoisotopic (exact) mass is 538 g/mol. The molecule has 0 bridgehead atoms. The second kappa shape index (κ2) is 13.1. The van der Waals surface area contributed by atoms with E-state index in [0.29, 0.717) is 11.1 Å². The number of carbonyl (C=O) groups is 5. The Morgan fingerprint density at radius 1 is 0.872 bits per heavy atom. The number of aromatic nitrogens is 1. The molecule has 0 fully saturated rings. The Morgan fingerprint density at radius 3 is 2.21 bits per heavy atom. The van der Waals surface area contributed by atoms with E-state index < -0.39 is 60.7 Å². The molecule has 1 aromatic heterocycles. The van der Waals surface area contributed by atoms with Crippen molar-refractivity contribution in [3.8, 4) is 5.75 Å². The Kier molecular flexibility index (Phi) is 9.59. The zero-order valence-corrected chi connectivity index (χ0v) is 20.8. The molecule has 0 spiro atoms. The van der Waals surface area contributed by atoms with Crippen LogP contribution in [0.2, 0.25) is 0 Å². The lowest BCUT2D eigenvalue weighted by atomic mass is 10.0. The lowest BCUT2D eigenvalue weighted by molar-refractivity contribution is -0.138. The summed E-state index contributed by atoms with van der Waals surface area (Å²) < 4.78 is 0. The zero-order valence-electron chi connectivity index (χ0n) is 20.8. The maximum absolute atomic E-state index is 13.2. The molecule has 0 aliphatic rings. The number of primary amides is 1. The van der Waals surface area contributed by atoms with E-state index in [2.05, 4.69) is 20.9 Å². The van der Waals surface area contributed by atoms with Crippen LogP contribution in [0.25, 0.3) is 10.9 Å². The summed E-state index contributed by atoms with van der Waals surface area (Å²) in [5.74, 6) is -4.51. The Morgan fingerprint density at radius 2 is 1.54 bits per heavy atom. The summed E-state index contributed by atoms with van der Waals surface area (Å²) >= 11 is 0. The molecule has 10 N–H and O–H groups in total. The predicted octanol–water partition coefficient (Wildman–Crippen LogP) is -0.968. The highest BCUT2D eigenvalue weighted by molar-refractivity contribution is 5.96. The van der Waals surface area contributed by atoms with Crippen molar-refractivity contribution in [2.45, 2.75) is 37.4 Å². The van der Waals surface area contributed by atoms with Crippen molar-refractivity contribution in [3.63, 3.8) is 0 Å². The van der Waals surface area contributed by atoms with Gasteiger partial charge in [-0.2, -0.15) is 0 Å². The van der Waals surface area contributed by atoms with Gasteiger partial charge in [-0.05, 0) is 35.7 Å². The number of aliphatic carboxylic acids is 1. The first-order valence-corrected chi connectivity index (χ1v) is 12.0. The number of phenolic OH excluding ortho intramolecular Hbond substituents is 1. The topological polar surface area (TPSA) is 230 Å². The first kappa shape index (κ1) is 28.7. The lowest BCUT2D eigenvalue weighted by Crippen LogP contribution is -2.57. The van der Waals surface area contributed by atoms with Crippen LogP contribution < -0.4 is 27.4 Å². The van der Waals surface area contributed by atoms with Gasteiger partial charge in [0.2, 0.25) is 23.6 Å². The summed E-state index contributed by atoms with van der Waals surface area (Å²) in [6.45, 7) is -0.674. The number of nitrogens with one attached hydrogen (secondary N) is 4. The fourth-order valence-electron chi connectivity index (χ4n) is 3.96. The van der Waals surface area contributed by atoms with Crippen LogP contribution in [0.3, 0.4) is 0 Å². The molecule has 0 radical (unpaired) electrons. The number of rotatable bonds is 13. The van der Waals surface area contributed by atoms with Gasteiger partial charge in [0, 0.05) is 23.5 Å². The van der Waals surface area contributed by atoms with Gasteiger partial charge in [0.25, 0.3) is 0 Å². The zero-order chi connectivity index (χ0) is 28.5. The number of aromatic amines is 1. The number of amides is 4. The lowest BCUT2D eigenvalue weighted by Gasteiger charge is -2.23. The van der Waals surface area contributed by atoms with Gasteiger partial charge in [0.1, 0.15) is 24.4 Å². The smallest absolute Gasteiger partial charge is 0.322 e. The molecule has 13 nitrogen and oxygen atoms in total. The van der Waals surface area contributed by atoms with Crippen LogP contribution in [0, 0.1) is 0 Å². The Bertz CT molecular complexity index is 1350. The van der Waals surface area contributed by atoms with Gasteiger partial charge in [0.15, 0.2) is 0 Å². The number of carboxylic acids is 1.